The number of likely N-dealkylation sites (tertiary alicyclic amines) is 1. The first-order valence-corrected chi connectivity index (χ1v) is 6.47. The van der Waals surface area contributed by atoms with Crippen molar-refractivity contribution in [2.45, 2.75) is 45.4 Å². The average Bonchev–Trinajstić information content (AvgIpc) is 2.64. The van der Waals surface area contributed by atoms with Crippen LogP contribution in [0, 0.1) is 0 Å². The van der Waals surface area contributed by atoms with Crippen molar-refractivity contribution in [3.8, 4) is 0 Å². The van der Waals surface area contributed by atoms with E-state index in [1.165, 1.54) is 5.56 Å². The Morgan fingerprint density at radius 2 is 1.94 bits per heavy atom. The molecule has 1 aromatic carbocycles. The largest absolute Gasteiger partial charge is 0.371 e. The fourth-order valence-corrected chi connectivity index (χ4v) is 2.38. The summed E-state index contributed by atoms with van der Waals surface area (Å²) in [7, 11) is 0. The van der Waals surface area contributed by atoms with Crippen LogP contribution in [0.1, 0.15) is 32.8 Å². The van der Waals surface area contributed by atoms with E-state index in [1.54, 1.807) is 0 Å². The van der Waals surface area contributed by atoms with E-state index in [4.69, 9.17) is 4.74 Å². The zero-order chi connectivity index (χ0) is 12.3. The fraction of sp³-hybridized carbons (Fsp3) is 0.600. The molecule has 1 unspecified atom stereocenters. The van der Waals surface area contributed by atoms with Crippen molar-refractivity contribution in [3.63, 3.8) is 0 Å². The number of nitrogens with zero attached hydrogens (tertiary/aromatic N) is 1. The third kappa shape index (κ3) is 4.14. The van der Waals surface area contributed by atoms with Gasteiger partial charge in [-0.3, -0.25) is 4.90 Å². The Hall–Kier alpha value is -0.860. The van der Waals surface area contributed by atoms with Gasteiger partial charge in [-0.25, -0.2) is 0 Å². The Balaban J connectivity index is 1.82. The monoisotopic (exact) mass is 233 g/mol. The molecule has 0 aromatic heterocycles. The van der Waals surface area contributed by atoms with Gasteiger partial charge in [0.1, 0.15) is 0 Å². The molecule has 1 saturated heterocycles. The van der Waals surface area contributed by atoms with E-state index in [9.17, 15) is 0 Å². The molecule has 1 fully saturated rings. The van der Waals surface area contributed by atoms with Gasteiger partial charge in [-0.15, -0.1) is 0 Å². The van der Waals surface area contributed by atoms with Crippen LogP contribution in [0.4, 0.5) is 0 Å². The molecular weight excluding hydrogens is 210 g/mol. The maximum atomic E-state index is 6.02. The molecule has 2 heteroatoms. The molecule has 0 N–H and O–H groups in total. The topological polar surface area (TPSA) is 12.5 Å². The fourth-order valence-electron chi connectivity index (χ4n) is 2.38. The average molecular weight is 233 g/mol. The van der Waals surface area contributed by atoms with Crippen LogP contribution in [0.25, 0.3) is 0 Å². The third-order valence-electron chi connectivity index (χ3n) is 3.00. The van der Waals surface area contributed by atoms with Crippen molar-refractivity contribution in [3.05, 3.63) is 35.9 Å². The smallest absolute Gasteiger partial charge is 0.0721 e. The standard InChI is InChI=1S/C15H23NO/c1-15(2,3)17-14-9-10-16(12-14)11-13-7-5-4-6-8-13/h4-8,14H,9-12H2,1-3H3. The molecule has 1 aliphatic heterocycles. The first-order chi connectivity index (χ1) is 8.03. The second kappa shape index (κ2) is 5.19. The molecule has 0 saturated carbocycles. The van der Waals surface area contributed by atoms with Crippen LogP contribution in [0.3, 0.4) is 0 Å². The minimum absolute atomic E-state index is 0.0204. The van der Waals surface area contributed by atoms with Crippen LogP contribution < -0.4 is 0 Å². The summed E-state index contributed by atoms with van der Waals surface area (Å²) in [5.41, 5.74) is 1.37. The molecule has 0 aliphatic carbocycles. The lowest BCUT2D eigenvalue weighted by atomic mass is 10.2. The van der Waals surface area contributed by atoms with Gasteiger partial charge in [0.2, 0.25) is 0 Å². The molecule has 0 bridgehead atoms. The Labute approximate surface area is 105 Å². The van der Waals surface area contributed by atoms with Gasteiger partial charge in [-0.1, -0.05) is 30.3 Å². The summed E-state index contributed by atoms with van der Waals surface area (Å²) in [5, 5.41) is 0. The van der Waals surface area contributed by atoms with Gasteiger partial charge in [-0.2, -0.15) is 0 Å². The summed E-state index contributed by atoms with van der Waals surface area (Å²) in [6, 6.07) is 10.7. The van der Waals surface area contributed by atoms with Crippen molar-refractivity contribution in [2.24, 2.45) is 0 Å². The normalized spacial score (nSPS) is 21.9. The van der Waals surface area contributed by atoms with Crippen LogP contribution in [-0.2, 0) is 11.3 Å². The van der Waals surface area contributed by atoms with Gasteiger partial charge in [0.05, 0.1) is 11.7 Å². The van der Waals surface area contributed by atoms with E-state index >= 15 is 0 Å². The van der Waals surface area contributed by atoms with Crippen molar-refractivity contribution >= 4 is 0 Å². The highest BCUT2D eigenvalue weighted by Gasteiger charge is 2.26. The number of hydrogen-bond acceptors (Lipinski definition) is 2. The first kappa shape index (κ1) is 12.6. The Morgan fingerprint density at radius 1 is 1.24 bits per heavy atom. The number of hydrogen-bond donors (Lipinski definition) is 0. The maximum absolute atomic E-state index is 6.02. The second-order valence-corrected chi connectivity index (χ2v) is 5.86. The molecule has 0 radical (unpaired) electrons. The van der Waals surface area contributed by atoms with E-state index in [0.717, 1.165) is 26.1 Å². The molecule has 0 amide bonds. The summed E-state index contributed by atoms with van der Waals surface area (Å²) in [4.78, 5) is 2.48. The molecule has 1 atom stereocenters. The summed E-state index contributed by atoms with van der Waals surface area (Å²) >= 11 is 0. The van der Waals surface area contributed by atoms with E-state index in [1.807, 2.05) is 0 Å². The van der Waals surface area contributed by atoms with Crippen molar-refractivity contribution in [1.29, 1.82) is 0 Å². The quantitative estimate of drug-likeness (QED) is 0.795. The van der Waals surface area contributed by atoms with E-state index in [2.05, 4.69) is 56.0 Å². The highest BCUT2D eigenvalue weighted by Crippen LogP contribution is 2.20. The van der Waals surface area contributed by atoms with Crippen LogP contribution in [0.2, 0.25) is 0 Å². The van der Waals surface area contributed by atoms with Crippen LogP contribution >= 0.6 is 0 Å². The summed E-state index contributed by atoms with van der Waals surface area (Å²) in [6.45, 7) is 9.65. The molecule has 94 valence electrons. The molecule has 2 rings (SSSR count). The van der Waals surface area contributed by atoms with Gasteiger partial charge in [0, 0.05) is 19.6 Å². The molecule has 1 aliphatic rings. The number of rotatable bonds is 3. The third-order valence-corrected chi connectivity index (χ3v) is 3.00. The lowest BCUT2D eigenvalue weighted by molar-refractivity contribution is -0.0541. The van der Waals surface area contributed by atoms with Gasteiger partial charge in [0.15, 0.2) is 0 Å². The maximum Gasteiger partial charge on any atom is 0.0721 e. The molecular formula is C15H23NO. The van der Waals surface area contributed by atoms with Gasteiger partial charge >= 0.3 is 0 Å². The minimum atomic E-state index is -0.0204. The van der Waals surface area contributed by atoms with E-state index < -0.39 is 0 Å². The Morgan fingerprint density at radius 3 is 2.59 bits per heavy atom. The van der Waals surface area contributed by atoms with Crippen molar-refractivity contribution in [1.82, 2.24) is 4.90 Å². The van der Waals surface area contributed by atoms with Crippen molar-refractivity contribution < 1.29 is 4.74 Å². The van der Waals surface area contributed by atoms with Crippen LogP contribution in [0.5, 0.6) is 0 Å². The molecule has 0 spiro atoms. The van der Waals surface area contributed by atoms with Gasteiger partial charge in [0.25, 0.3) is 0 Å². The molecule has 2 nitrogen and oxygen atoms in total. The molecule has 1 heterocycles. The van der Waals surface area contributed by atoms with Gasteiger partial charge < -0.3 is 4.74 Å². The minimum Gasteiger partial charge on any atom is -0.371 e. The highest BCUT2D eigenvalue weighted by molar-refractivity contribution is 5.14. The number of benzene rings is 1. The predicted molar refractivity (Wildman–Crippen MR) is 71.0 cm³/mol. The Bertz CT molecular complexity index is 342. The van der Waals surface area contributed by atoms with Crippen LogP contribution in [-0.4, -0.2) is 29.7 Å². The Kier molecular flexibility index (Phi) is 3.85. The van der Waals surface area contributed by atoms with E-state index in [0.29, 0.717) is 6.10 Å². The zero-order valence-electron chi connectivity index (χ0n) is 11.1. The number of ether oxygens (including phenoxy) is 1. The highest BCUT2D eigenvalue weighted by atomic mass is 16.5. The lowest BCUT2D eigenvalue weighted by Gasteiger charge is -2.25. The summed E-state index contributed by atoms with van der Waals surface area (Å²) < 4.78 is 6.02. The second-order valence-electron chi connectivity index (χ2n) is 5.86. The molecule has 17 heavy (non-hydrogen) atoms. The zero-order valence-corrected chi connectivity index (χ0v) is 11.1. The van der Waals surface area contributed by atoms with Crippen LogP contribution in [0.15, 0.2) is 30.3 Å². The van der Waals surface area contributed by atoms with Gasteiger partial charge in [-0.05, 0) is 32.8 Å². The summed E-state index contributed by atoms with van der Waals surface area (Å²) in [5.74, 6) is 0. The SMILES string of the molecule is CC(C)(C)OC1CCN(Cc2ccccc2)C1. The summed E-state index contributed by atoms with van der Waals surface area (Å²) in [6.07, 6.45) is 1.56. The first-order valence-electron chi connectivity index (χ1n) is 6.47. The predicted octanol–water partition coefficient (Wildman–Crippen LogP) is 3.08. The lowest BCUT2D eigenvalue weighted by Crippen LogP contribution is -2.30. The molecule has 1 aromatic rings. The van der Waals surface area contributed by atoms with Crippen molar-refractivity contribution in [2.75, 3.05) is 13.1 Å². The van der Waals surface area contributed by atoms with E-state index in [-0.39, 0.29) is 5.60 Å².